The number of likely N-dealkylation sites (N-methyl/N-ethyl adjacent to an activating group) is 1. The van der Waals surface area contributed by atoms with Crippen molar-refractivity contribution in [1.82, 2.24) is 5.32 Å². The Kier molecular flexibility index (Phi) is 24.0. The zero-order valence-corrected chi connectivity index (χ0v) is 10.9. The Bertz CT molecular complexity index is 164. The summed E-state index contributed by atoms with van der Waals surface area (Å²) in [6.45, 7) is 15.7. The van der Waals surface area contributed by atoms with Crippen LogP contribution in [0.4, 0.5) is 0 Å². The molecule has 0 unspecified atom stereocenters. The molecule has 0 aromatic carbocycles. The monoisotopic (exact) mass is 197 g/mol. The lowest BCUT2D eigenvalue weighted by Crippen LogP contribution is -2.05. The number of allylic oxidation sites excluding steroid dienone is 4. The summed E-state index contributed by atoms with van der Waals surface area (Å²) < 4.78 is 0. The molecule has 0 aliphatic heterocycles. The van der Waals surface area contributed by atoms with Gasteiger partial charge < -0.3 is 5.32 Å². The first-order valence-electron chi connectivity index (χ1n) is 5.40. The molecule has 0 heterocycles. The van der Waals surface area contributed by atoms with Gasteiger partial charge >= 0.3 is 0 Å². The van der Waals surface area contributed by atoms with E-state index in [0.717, 1.165) is 5.70 Å². The standard InChI is InChI=1S/C9H15N.2C2H6/c1-5-7-8(3)9(6-2)10-4;2*1-2/h5-7,10H,1H2,2-4H3;2*1-2H3/b8-7-,9-6+;;. The molecule has 0 aromatic heterocycles. The fourth-order valence-electron chi connectivity index (χ4n) is 0.836. The van der Waals surface area contributed by atoms with Crippen LogP contribution in [-0.2, 0) is 0 Å². The van der Waals surface area contributed by atoms with Gasteiger partial charge in [-0.15, -0.1) is 0 Å². The molecule has 0 radical (unpaired) electrons. The Morgan fingerprint density at radius 1 is 1.14 bits per heavy atom. The third kappa shape index (κ3) is 11.0. The second kappa shape index (κ2) is 17.9. The molecule has 1 heteroatoms. The van der Waals surface area contributed by atoms with Crippen LogP contribution in [0.3, 0.4) is 0 Å². The Hall–Kier alpha value is -0.980. The van der Waals surface area contributed by atoms with Crippen LogP contribution in [0, 0.1) is 0 Å². The maximum absolute atomic E-state index is 3.62. The predicted molar refractivity (Wildman–Crippen MR) is 69.5 cm³/mol. The van der Waals surface area contributed by atoms with E-state index in [9.17, 15) is 0 Å². The highest BCUT2D eigenvalue weighted by atomic mass is 14.8. The van der Waals surface area contributed by atoms with E-state index in [-0.39, 0.29) is 0 Å². The van der Waals surface area contributed by atoms with Crippen LogP contribution in [0.15, 0.2) is 36.1 Å². The van der Waals surface area contributed by atoms with E-state index in [1.54, 1.807) is 6.08 Å². The molecule has 0 aromatic rings. The average Bonchev–Trinajstić information content (AvgIpc) is 2.26. The van der Waals surface area contributed by atoms with Crippen LogP contribution in [0.25, 0.3) is 0 Å². The molecular weight excluding hydrogens is 170 g/mol. The fraction of sp³-hybridized carbons (Fsp3) is 0.538. The van der Waals surface area contributed by atoms with Gasteiger partial charge in [-0.3, -0.25) is 0 Å². The highest BCUT2D eigenvalue weighted by molar-refractivity contribution is 5.29. The Labute approximate surface area is 90.6 Å². The van der Waals surface area contributed by atoms with Gasteiger partial charge in [-0.1, -0.05) is 52.5 Å². The molecule has 0 rings (SSSR count). The van der Waals surface area contributed by atoms with Crippen molar-refractivity contribution < 1.29 is 0 Å². The van der Waals surface area contributed by atoms with E-state index in [1.807, 2.05) is 60.7 Å². The molecule has 0 saturated carbocycles. The first-order valence-corrected chi connectivity index (χ1v) is 5.40. The van der Waals surface area contributed by atoms with E-state index < -0.39 is 0 Å². The van der Waals surface area contributed by atoms with Crippen LogP contribution in [-0.4, -0.2) is 7.05 Å². The topological polar surface area (TPSA) is 12.0 Å². The minimum Gasteiger partial charge on any atom is -0.388 e. The maximum atomic E-state index is 3.62. The molecular formula is C13H27N. The Balaban J connectivity index is -0.000000266. The molecule has 0 saturated heterocycles. The molecule has 0 aliphatic carbocycles. The number of rotatable bonds is 3. The predicted octanol–water partition coefficient (Wildman–Crippen LogP) is 4.29. The summed E-state index contributed by atoms with van der Waals surface area (Å²) in [5.41, 5.74) is 2.36. The summed E-state index contributed by atoms with van der Waals surface area (Å²) in [4.78, 5) is 0. The van der Waals surface area contributed by atoms with E-state index in [0.29, 0.717) is 0 Å². The van der Waals surface area contributed by atoms with Crippen molar-refractivity contribution in [2.45, 2.75) is 41.5 Å². The van der Waals surface area contributed by atoms with Gasteiger partial charge in [-0.2, -0.15) is 0 Å². The molecule has 0 atom stereocenters. The van der Waals surface area contributed by atoms with Crippen molar-refractivity contribution in [2.24, 2.45) is 0 Å². The lowest BCUT2D eigenvalue weighted by atomic mass is 10.2. The molecule has 0 fully saturated rings. The lowest BCUT2D eigenvalue weighted by molar-refractivity contribution is 0.993. The van der Waals surface area contributed by atoms with Gasteiger partial charge in [-0.05, 0) is 19.4 Å². The Morgan fingerprint density at radius 2 is 1.57 bits per heavy atom. The largest absolute Gasteiger partial charge is 0.388 e. The average molecular weight is 197 g/mol. The normalized spacial score (nSPS) is 10.2. The second-order valence-corrected chi connectivity index (χ2v) is 2.04. The highest BCUT2D eigenvalue weighted by Crippen LogP contribution is 2.03. The van der Waals surface area contributed by atoms with Crippen molar-refractivity contribution >= 4 is 0 Å². The molecule has 1 N–H and O–H groups in total. The number of nitrogens with one attached hydrogen (secondary N) is 1. The molecule has 0 amide bonds. The van der Waals surface area contributed by atoms with Gasteiger partial charge in [0.2, 0.25) is 0 Å². The van der Waals surface area contributed by atoms with Crippen LogP contribution in [0.5, 0.6) is 0 Å². The summed E-state index contributed by atoms with van der Waals surface area (Å²) >= 11 is 0. The SMILES string of the molecule is C=C/C=C(C)\C(=C/C)NC.CC.CC. The zero-order valence-electron chi connectivity index (χ0n) is 10.9. The summed E-state index contributed by atoms with van der Waals surface area (Å²) in [5.74, 6) is 0. The Morgan fingerprint density at radius 3 is 1.79 bits per heavy atom. The molecule has 0 aliphatic rings. The molecule has 0 spiro atoms. The van der Waals surface area contributed by atoms with Crippen molar-refractivity contribution in [1.29, 1.82) is 0 Å². The van der Waals surface area contributed by atoms with Gasteiger partial charge in [0.25, 0.3) is 0 Å². The van der Waals surface area contributed by atoms with Gasteiger partial charge in [-0.25, -0.2) is 0 Å². The van der Waals surface area contributed by atoms with Gasteiger partial charge in [0.05, 0.1) is 0 Å². The fourth-order valence-corrected chi connectivity index (χ4v) is 0.836. The maximum Gasteiger partial charge on any atom is 0.0323 e. The van der Waals surface area contributed by atoms with Gasteiger partial charge in [0.1, 0.15) is 0 Å². The number of hydrogen-bond acceptors (Lipinski definition) is 1. The zero-order chi connectivity index (χ0) is 12.0. The van der Waals surface area contributed by atoms with Crippen LogP contribution < -0.4 is 5.32 Å². The summed E-state index contributed by atoms with van der Waals surface area (Å²) in [6, 6.07) is 0. The molecule has 14 heavy (non-hydrogen) atoms. The summed E-state index contributed by atoms with van der Waals surface area (Å²) in [7, 11) is 1.91. The van der Waals surface area contributed by atoms with Crippen LogP contribution in [0.1, 0.15) is 41.5 Å². The van der Waals surface area contributed by atoms with Gasteiger partial charge in [0, 0.05) is 12.7 Å². The van der Waals surface area contributed by atoms with E-state index in [2.05, 4.69) is 11.9 Å². The highest BCUT2D eigenvalue weighted by Gasteiger charge is 1.90. The minimum absolute atomic E-state index is 1.15. The third-order valence-corrected chi connectivity index (χ3v) is 1.35. The van der Waals surface area contributed by atoms with Crippen molar-refractivity contribution in [3.05, 3.63) is 36.1 Å². The first-order chi connectivity index (χ1) is 6.76. The van der Waals surface area contributed by atoms with Crippen molar-refractivity contribution in [2.75, 3.05) is 7.05 Å². The van der Waals surface area contributed by atoms with E-state index in [1.165, 1.54) is 5.57 Å². The van der Waals surface area contributed by atoms with Crippen LogP contribution >= 0.6 is 0 Å². The summed E-state index contributed by atoms with van der Waals surface area (Å²) in [6.07, 6.45) is 5.80. The molecule has 0 bridgehead atoms. The number of hydrogen-bond donors (Lipinski definition) is 1. The second-order valence-electron chi connectivity index (χ2n) is 2.04. The third-order valence-electron chi connectivity index (χ3n) is 1.35. The van der Waals surface area contributed by atoms with E-state index >= 15 is 0 Å². The smallest absolute Gasteiger partial charge is 0.0323 e. The van der Waals surface area contributed by atoms with Crippen LogP contribution in [0.2, 0.25) is 0 Å². The first kappa shape index (κ1) is 18.7. The van der Waals surface area contributed by atoms with Gasteiger partial charge in [0.15, 0.2) is 0 Å². The molecule has 1 nitrogen and oxygen atoms in total. The van der Waals surface area contributed by atoms with Crippen molar-refractivity contribution in [3.63, 3.8) is 0 Å². The summed E-state index contributed by atoms with van der Waals surface area (Å²) in [5, 5.41) is 3.08. The van der Waals surface area contributed by atoms with Crippen molar-refractivity contribution in [3.8, 4) is 0 Å². The molecule has 84 valence electrons. The quantitative estimate of drug-likeness (QED) is 0.665. The lowest BCUT2D eigenvalue weighted by Gasteiger charge is -2.04. The minimum atomic E-state index is 1.15. The van der Waals surface area contributed by atoms with E-state index in [4.69, 9.17) is 0 Å².